The summed E-state index contributed by atoms with van der Waals surface area (Å²) in [5.74, 6) is 0. The maximum absolute atomic E-state index is 2.42. The molecule has 11 aromatic carbocycles. The van der Waals surface area contributed by atoms with E-state index in [-0.39, 0.29) is 0 Å². The summed E-state index contributed by atoms with van der Waals surface area (Å²) in [6, 6.07) is 102. The fourth-order valence-corrected chi connectivity index (χ4v) is 11.1. The molecule has 324 valence electrons. The van der Waals surface area contributed by atoms with Gasteiger partial charge in [-0.05, 0) is 133 Å². The lowest BCUT2D eigenvalue weighted by Crippen LogP contribution is -2.28. The van der Waals surface area contributed by atoms with Gasteiger partial charge in [0.2, 0.25) is 0 Å². The summed E-state index contributed by atoms with van der Waals surface area (Å²) in [4.78, 5) is 2.42. The summed E-state index contributed by atoms with van der Waals surface area (Å²) in [5, 5.41) is 2.50. The molecule has 0 radical (unpaired) electrons. The van der Waals surface area contributed by atoms with Gasteiger partial charge >= 0.3 is 0 Å². The number of rotatable bonds is 9. The Balaban J connectivity index is 0.950. The molecule has 0 fully saturated rings. The van der Waals surface area contributed by atoms with Crippen molar-refractivity contribution in [1.29, 1.82) is 0 Å². The van der Waals surface area contributed by atoms with Crippen molar-refractivity contribution in [2.75, 3.05) is 4.90 Å². The fourth-order valence-electron chi connectivity index (χ4n) is 11.1. The van der Waals surface area contributed by atoms with Gasteiger partial charge < -0.3 is 9.47 Å². The van der Waals surface area contributed by atoms with Crippen LogP contribution in [0.4, 0.5) is 17.1 Å². The van der Waals surface area contributed by atoms with E-state index in [1.54, 1.807) is 0 Å². The van der Waals surface area contributed by atoms with Crippen LogP contribution < -0.4 is 4.90 Å². The molecule has 12 aromatic rings. The van der Waals surface area contributed by atoms with Crippen molar-refractivity contribution in [3.05, 3.63) is 301 Å². The third-order valence-corrected chi connectivity index (χ3v) is 14.3. The zero-order valence-electron chi connectivity index (χ0n) is 38.0. The highest BCUT2D eigenvalue weighted by atomic mass is 15.1. The molecular weight excluding hydrogens is 833 g/mol. The van der Waals surface area contributed by atoms with Gasteiger partial charge in [0.1, 0.15) is 0 Å². The Morgan fingerprint density at radius 2 is 0.739 bits per heavy atom. The molecule has 0 bridgehead atoms. The summed E-state index contributed by atoms with van der Waals surface area (Å²) >= 11 is 0. The van der Waals surface area contributed by atoms with Crippen LogP contribution in [0.15, 0.2) is 279 Å². The van der Waals surface area contributed by atoms with Gasteiger partial charge in [-0.1, -0.05) is 212 Å². The lowest BCUT2D eigenvalue weighted by atomic mass is 9.68. The average molecular weight is 879 g/mol. The summed E-state index contributed by atoms with van der Waals surface area (Å²) in [5.41, 5.74) is 21.1. The van der Waals surface area contributed by atoms with Crippen LogP contribution >= 0.6 is 0 Å². The second-order valence-electron chi connectivity index (χ2n) is 18.1. The third kappa shape index (κ3) is 6.72. The van der Waals surface area contributed by atoms with Crippen molar-refractivity contribution in [3.8, 4) is 50.2 Å². The van der Waals surface area contributed by atoms with Crippen LogP contribution in [0.25, 0.3) is 72.0 Å². The first kappa shape index (κ1) is 40.3. The first-order valence-corrected chi connectivity index (χ1v) is 23.8. The SMILES string of the molecule is c1ccc(-c2cccc(-c3ccc(N(c4ccc(-c5ccc6c7ccccc7n(-c7ccccc7)c6c5)cc4)c4ccc5c(c4)-c4ccccc4C5(c4ccccc4)c4ccccc4)cc3)c2)cc1. The van der Waals surface area contributed by atoms with Crippen LogP contribution in [0.1, 0.15) is 22.3 Å². The first-order valence-electron chi connectivity index (χ1n) is 23.8. The third-order valence-electron chi connectivity index (χ3n) is 14.3. The predicted molar refractivity (Wildman–Crippen MR) is 289 cm³/mol. The van der Waals surface area contributed by atoms with E-state index in [2.05, 4.69) is 289 Å². The van der Waals surface area contributed by atoms with Crippen molar-refractivity contribution >= 4 is 38.9 Å². The zero-order chi connectivity index (χ0) is 45.7. The molecule has 0 aliphatic heterocycles. The van der Waals surface area contributed by atoms with E-state index in [0.29, 0.717) is 0 Å². The highest BCUT2D eigenvalue weighted by Gasteiger charge is 2.46. The van der Waals surface area contributed by atoms with Crippen LogP contribution in [0, 0.1) is 0 Å². The topological polar surface area (TPSA) is 8.17 Å². The summed E-state index contributed by atoms with van der Waals surface area (Å²) in [7, 11) is 0. The maximum atomic E-state index is 2.42. The Labute approximate surface area is 403 Å². The lowest BCUT2D eigenvalue weighted by molar-refractivity contribution is 0.768. The Hall–Kier alpha value is -8.98. The van der Waals surface area contributed by atoms with E-state index >= 15 is 0 Å². The normalized spacial score (nSPS) is 12.5. The van der Waals surface area contributed by atoms with Crippen molar-refractivity contribution in [2.24, 2.45) is 0 Å². The molecule has 1 aliphatic carbocycles. The molecule has 1 heterocycles. The smallest absolute Gasteiger partial charge is 0.0713 e. The van der Waals surface area contributed by atoms with Gasteiger partial charge in [-0.3, -0.25) is 0 Å². The maximum Gasteiger partial charge on any atom is 0.0713 e. The number of aromatic nitrogens is 1. The lowest BCUT2D eigenvalue weighted by Gasteiger charge is -2.34. The van der Waals surface area contributed by atoms with Crippen molar-refractivity contribution in [2.45, 2.75) is 5.41 Å². The molecular formula is C67H46N2. The largest absolute Gasteiger partial charge is 0.310 e. The highest BCUT2D eigenvalue weighted by molar-refractivity contribution is 6.10. The Morgan fingerprint density at radius 1 is 0.275 bits per heavy atom. The summed E-state index contributed by atoms with van der Waals surface area (Å²) < 4.78 is 2.39. The van der Waals surface area contributed by atoms with E-state index in [1.165, 1.54) is 83.0 Å². The fraction of sp³-hybridized carbons (Fsp3) is 0.0149. The molecule has 0 N–H and O–H groups in total. The molecule has 0 unspecified atom stereocenters. The van der Waals surface area contributed by atoms with E-state index in [9.17, 15) is 0 Å². The standard InChI is InChI=1S/C67H46N2/c1-5-18-47(19-6-1)50-20-17-21-51(44-50)48-32-37-56(38-33-48)68(57-39-34-49(35-40-57)52-36-42-61-60-29-14-16-31-65(60)69(66(61)45-52)55-26-11-4-12-27-55)58-41-43-64-62(46-58)59-28-13-15-30-63(59)67(64,53-22-7-2-8-23-53)54-24-9-3-10-25-54/h1-46H. The van der Waals surface area contributed by atoms with Crippen LogP contribution in [-0.4, -0.2) is 4.57 Å². The first-order chi connectivity index (χ1) is 34.2. The van der Waals surface area contributed by atoms with E-state index < -0.39 is 5.41 Å². The van der Waals surface area contributed by atoms with Crippen LogP contribution in [0.2, 0.25) is 0 Å². The van der Waals surface area contributed by atoms with Crippen molar-refractivity contribution in [1.82, 2.24) is 4.57 Å². The average Bonchev–Trinajstić information content (AvgIpc) is 3.92. The van der Waals surface area contributed by atoms with Crippen LogP contribution in [-0.2, 0) is 5.41 Å². The molecule has 1 aromatic heterocycles. The van der Waals surface area contributed by atoms with Gasteiger partial charge in [-0.2, -0.15) is 0 Å². The molecule has 0 amide bonds. The number of fused-ring (bicyclic) bond motifs is 6. The highest BCUT2D eigenvalue weighted by Crippen LogP contribution is 2.57. The minimum absolute atomic E-state index is 0.470. The van der Waals surface area contributed by atoms with Gasteiger partial charge in [0.05, 0.1) is 16.4 Å². The number of hydrogen-bond acceptors (Lipinski definition) is 1. The summed E-state index contributed by atoms with van der Waals surface area (Å²) in [6.45, 7) is 0. The van der Waals surface area contributed by atoms with Gasteiger partial charge in [-0.25, -0.2) is 0 Å². The number of anilines is 3. The second kappa shape index (κ2) is 16.7. The van der Waals surface area contributed by atoms with E-state index in [1.807, 2.05) is 0 Å². The molecule has 2 nitrogen and oxygen atoms in total. The zero-order valence-corrected chi connectivity index (χ0v) is 38.0. The summed E-state index contributed by atoms with van der Waals surface area (Å²) in [6.07, 6.45) is 0. The molecule has 0 atom stereocenters. The molecule has 69 heavy (non-hydrogen) atoms. The van der Waals surface area contributed by atoms with Crippen molar-refractivity contribution in [3.63, 3.8) is 0 Å². The molecule has 1 aliphatic rings. The second-order valence-corrected chi connectivity index (χ2v) is 18.1. The van der Waals surface area contributed by atoms with Gasteiger partial charge in [-0.15, -0.1) is 0 Å². The molecule has 0 saturated heterocycles. The molecule has 0 saturated carbocycles. The van der Waals surface area contributed by atoms with E-state index in [0.717, 1.165) is 28.3 Å². The number of benzene rings is 11. The van der Waals surface area contributed by atoms with Crippen molar-refractivity contribution < 1.29 is 0 Å². The minimum atomic E-state index is -0.470. The molecule has 2 heteroatoms. The van der Waals surface area contributed by atoms with Crippen LogP contribution in [0.3, 0.4) is 0 Å². The number of nitrogens with zero attached hydrogens (tertiary/aromatic N) is 2. The molecule has 13 rings (SSSR count). The Bertz CT molecular complexity index is 3760. The van der Waals surface area contributed by atoms with Gasteiger partial charge in [0, 0.05) is 33.5 Å². The monoisotopic (exact) mass is 878 g/mol. The number of para-hydroxylation sites is 2. The van der Waals surface area contributed by atoms with Gasteiger partial charge in [0.25, 0.3) is 0 Å². The van der Waals surface area contributed by atoms with Gasteiger partial charge in [0.15, 0.2) is 0 Å². The predicted octanol–water partition coefficient (Wildman–Crippen LogP) is 17.6. The minimum Gasteiger partial charge on any atom is -0.310 e. The van der Waals surface area contributed by atoms with Crippen LogP contribution in [0.5, 0.6) is 0 Å². The Kier molecular flexibility index (Phi) is 9.77. The number of hydrogen-bond donors (Lipinski definition) is 0. The molecule has 0 spiro atoms. The van der Waals surface area contributed by atoms with E-state index in [4.69, 9.17) is 0 Å². The Morgan fingerprint density at radius 3 is 1.39 bits per heavy atom. The quantitative estimate of drug-likeness (QED) is 0.140.